The predicted octanol–water partition coefficient (Wildman–Crippen LogP) is 1.91. The molecule has 0 amide bonds. The van der Waals surface area contributed by atoms with Gasteiger partial charge >= 0.3 is 5.97 Å². The van der Waals surface area contributed by atoms with Gasteiger partial charge in [0.1, 0.15) is 5.75 Å². The number of aromatic hydroxyl groups is 2. The molecule has 0 spiro atoms. The lowest BCUT2D eigenvalue weighted by molar-refractivity contribution is -0.136. The van der Waals surface area contributed by atoms with Gasteiger partial charge in [-0.15, -0.1) is 0 Å². The summed E-state index contributed by atoms with van der Waals surface area (Å²) >= 11 is 5.48. The third kappa shape index (κ3) is 2.50. The SMILES string of the molecule is O=C(O)CCc1c(O)c(Cl)cc(O)c1F. The lowest BCUT2D eigenvalue weighted by Gasteiger charge is -2.07. The van der Waals surface area contributed by atoms with Crippen molar-refractivity contribution in [2.24, 2.45) is 0 Å². The standard InChI is InChI=1S/C9H8ClFO4/c10-5-3-6(12)8(11)4(9(5)15)1-2-7(13)14/h3,12,15H,1-2H2,(H,13,14). The van der Waals surface area contributed by atoms with E-state index in [2.05, 4.69) is 0 Å². The maximum Gasteiger partial charge on any atom is 0.303 e. The fraction of sp³-hybridized carbons (Fsp3) is 0.222. The monoisotopic (exact) mass is 234 g/mol. The van der Waals surface area contributed by atoms with Gasteiger partial charge in [-0.1, -0.05) is 11.6 Å². The Labute approximate surface area is 89.5 Å². The molecule has 15 heavy (non-hydrogen) atoms. The molecular weight excluding hydrogens is 227 g/mol. The van der Waals surface area contributed by atoms with Crippen LogP contribution in [0.25, 0.3) is 0 Å². The van der Waals surface area contributed by atoms with Crippen LogP contribution in [0.1, 0.15) is 12.0 Å². The smallest absolute Gasteiger partial charge is 0.303 e. The lowest BCUT2D eigenvalue weighted by atomic mass is 10.1. The number of benzene rings is 1. The van der Waals surface area contributed by atoms with Crippen molar-refractivity contribution in [2.75, 3.05) is 0 Å². The topological polar surface area (TPSA) is 77.8 Å². The van der Waals surface area contributed by atoms with Crippen molar-refractivity contribution in [3.63, 3.8) is 0 Å². The zero-order valence-electron chi connectivity index (χ0n) is 7.50. The predicted molar refractivity (Wildman–Crippen MR) is 50.7 cm³/mol. The molecule has 0 saturated heterocycles. The average molecular weight is 235 g/mol. The van der Waals surface area contributed by atoms with E-state index in [0.717, 1.165) is 6.07 Å². The average Bonchev–Trinajstić information content (AvgIpc) is 2.14. The first-order valence-corrected chi connectivity index (χ1v) is 4.42. The van der Waals surface area contributed by atoms with Crippen molar-refractivity contribution < 1.29 is 24.5 Å². The Bertz CT molecular complexity index is 379. The summed E-state index contributed by atoms with van der Waals surface area (Å²) in [6.45, 7) is 0. The van der Waals surface area contributed by atoms with E-state index >= 15 is 0 Å². The number of hydrogen-bond acceptors (Lipinski definition) is 3. The quantitative estimate of drug-likeness (QED) is 0.698. The van der Waals surface area contributed by atoms with Gasteiger partial charge in [0.25, 0.3) is 0 Å². The fourth-order valence-corrected chi connectivity index (χ4v) is 1.33. The molecule has 6 heteroatoms. The maximum atomic E-state index is 13.2. The van der Waals surface area contributed by atoms with Crippen molar-refractivity contribution in [3.05, 3.63) is 22.5 Å². The molecule has 0 bridgehead atoms. The van der Waals surface area contributed by atoms with Crippen LogP contribution in [-0.2, 0) is 11.2 Å². The molecule has 0 heterocycles. The molecule has 0 fully saturated rings. The van der Waals surface area contributed by atoms with Gasteiger partial charge in [-0.2, -0.15) is 0 Å². The summed E-state index contributed by atoms with van der Waals surface area (Å²) in [7, 11) is 0. The van der Waals surface area contributed by atoms with Gasteiger partial charge in [-0.25, -0.2) is 4.39 Å². The van der Waals surface area contributed by atoms with E-state index in [1.54, 1.807) is 0 Å². The van der Waals surface area contributed by atoms with E-state index < -0.39 is 23.3 Å². The van der Waals surface area contributed by atoms with Crippen LogP contribution in [-0.4, -0.2) is 21.3 Å². The van der Waals surface area contributed by atoms with Crippen molar-refractivity contribution in [3.8, 4) is 11.5 Å². The minimum absolute atomic E-state index is 0.214. The number of rotatable bonds is 3. The molecule has 0 radical (unpaired) electrons. The molecule has 0 aromatic heterocycles. The number of carbonyl (C=O) groups is 1. The van der Waals surface area contributed by atoms with Crippen LogP contribution >= 0.6 is 11.6 Å². The molecule has 0 aliphatic heterocycles. The van der Waals surface area contributed by atoms with Gasteiger partial charge in [0.2, 0.25) is 0 Å². The van der Waals surface area contributed by atoms with Crippen LogP contribution in [0, 0.1) is 5.82 Å². The largest absolute Gasteiger partial charge is 0.506 e. The van der Waals surface area contributed by atoms with Crippen LogP contribution < -0.4 is 0 Å². The molecular formula is C9H8ClFO4. The molecule has 82 valence electrons. The van der Waals surface area contributed by atoms with E-state index in [0.29, 0.717) is 0 Å². The Morgan fingerprint density at radius 1 is 1.47 bits per heavy atom. The van der Waals surface area contributed by atoms with Crippen LogP contribution in [0.3, 0.4) is 0 Å². The first-order valence-electron chi connectivity index (χ1n) is 4.04. The minimum Gasteiger partial charge on any atom is -0.506 e. The number of halogens is 2. The molecule has 0 aliphatic rings. The van der Waals surface area contributed by atoms with Crippen LogP contribution in [0.15, 0.2) is 6.07 Å². The Morgan fingerprint density at radius 3 is 2.60 bits per heavy atom. The molecule has 0 saturated carbocycles. The summed E-state index contributed by atoms with van der Waals surface area (Å²) in [5.41, 5.74) is -0.289. The highest BCUT2D eigenvalue weighted by atomic mass is 35.5. The molecule has 1 aromatic rings. The van der Waals surface area contributed by atoms with Crippen molar-refractivity contribution >= 4 is 17.6 Å². The molecule has 0 atom stereocenters. The fourth-order valence-electron chi connectivity index (χ4n) is 1.11. The molecule has 4 nitrogen and oxygen atoms in total. The van der Waals surface area contributed by atoms with E-state index in [9.17, 15) is 14.3 Å². The van der Waals surface area contributed by atoms with E-state index in [4.69, 9.17) is 21.8 Å². The number of hydrogen-bond donors (Lipinski definition) is 3. The van der Waals surface area contributed by atoms with Crippen LogP contribution in [0.4, 0.5) is 4.39 Å². The highest BCUT2D eigenvalue weighted by Gasteiger charge is 2.17. The van der Waals surface area contributed by atoms with Gasteiger partial charge in [0.15, 0.2) is 11.6 Å². The van der Waals surface area contributed by atoms with Crippen molar-refractivity contribution in [1.29, 1.82) is 0 Å². The van der Waals surface area contributed by atoms with Gasteiger partial charge in [-0.05, 0) is 6.42 Å². The van der Waals surface area contributed by atoms with Gasteiger partial charge < -0.3 is 15.3 Å². The third-order valence-corrected chi connectivity index (χ3v) is 2.14. The van der Waals surface area contributed by atoms with Gasteiger partial charge in [0, 0.05) is 18.1 Å². The number of carboxylic acid groups (broad SMARTS) is 1. The summed E-state index contributed by atoms with van der Waals surface area (Å²) < 4.78 is 13.2. The van der Waals surface area contributed by atoms with Crippen LogP contribution in [0.5, 0.6) is 11.5 Å². The Kier molecular flexibility index (Phi) is 3.36. The minimum atomic E-state index is -1.13. The summed E-state index contributed by atoms with van der Waals surface area (Å²) in [6.07, 6.45) is -0.592. The Balaban J connectivity index is 3.09. The summed E-state index contributed by atoms with van der Waals surface area (Å²) in [4.78, 5) is 10.3. The molecule has 0 aliphatic carbocycles. The maximum absolute atomic E-state index is 13.2. The normalized spacial score (nSPS) is 10.3. The Morgan fingerprint density at radius 2 is 2.07 bits per heavy atom. The first kappa shape index (κ1) is 11.6. The van der Waals surface area contributed by atoms with E-state index in [1.807, 2.05) is 0 Å². The second-order valence-corrected chi connectivity index (χ2v) is 3.32. The zero-order valence-corrected chi connectivity index (χ0v) is 8.25. The molecule has 1 aromatic carbocycles. The summed E-state index contributed by atoms with van der Waals surface area (Å²) in [5.74, 6) is -3.42. The first-order chi connectivity index (χ1) is 6.93. The number of aliphatic carboxylic acids is 1. The number of carboxylic acids is 1. The van der Waals surface area contributed by atoms with E-state index in [-0.39, 0.29) is 23.4 Å². The number of phenolic OH excluding ortho intramolecular Hbond substituents is 2. The Hall–Kier alpha value is -1.49. The molecule has 1 rings (SSSR count). The lowest BCUT2D eigenvalue weighted by Crippen LogP contribution is -2.00. The van der Waals surface area contributed by atoms with Gasteiger partial charge in [-0.3, -0.25) is 4.79 Å². The second-order valence-electron chi connectivity index (χ2n) is 2.91. The molecule has 3 N–H and O–H groups in total. The third-order valence-electron chi connectivity index (χ3n) is 1.85. The van der Waals surface area contributed by atoms with E-state index in [1.165, 1.54) is 0 Å². The van der Waals surface area contributed by atoms with Gasteiger partial charge in [0.05, 0.1) is 5.02 Å². The van der Waals surface area contributed by atoms with Crippen LogP contribution in [0.2, 0.25) is 5.02 Å². The number of phenols is 2. The van der Waals surface area contributed by atoms with Crippen molar-refractivity contribution in [2.45, 2.75) is 12.8 Å². The zero-order chi connectivity index (χ0) is 11.6. The highest BCUT2D eigenvalue weighted by molar-refractivity contribution is 6.32. The molecule has 0 unspecified atom stereocenters. The second kappa shape index (κ2) is 4.35. The summed E-state index contributed by atoms with van der Waals surface area (Å²) in [5, 5.41) is 26.6. The highest BCUT2D eigenvalue weighted by Crippen LogP contribution is 2.35. The van der Waals surface area contributed by atoms with Crippen molar-refractivity contribution in [1.82, 2.24) is 0 Å². The summed E-state index contributed by atoms with van der Waals surface area (Å²) in [6, 6.07) is 0.858.